The molecule has 0 atom stereocenters. The molecule has 0 aliphatic carbocycles. The highest BCUT2D eigenvalue weighted by Crippen LogP contribution is 2.23. The summed E-state index contributed by atoms with van der Waals surface area (Å²) in [5.74, 6) is 0.667. The molecule has 0 aromatic heterocycles. The first-order valence-electron chi connectivity index (χ1n) is 5.46. The Balaban J connectivity index is 2.74. The van der Waals surface area contributed by atoms with Gasteiger partial charge in [-0.2, -0.15) is 0 Å². The van der Waals surface area contributed by atoms with Crippen molar-refractivity contribution in [1.29, 1.82) is 0 Å². The molecular weight excluding hydrogens is 204 g/mol. The van der Waals surface area contributed by atoms with Crippen molar-refractivity contribution in [2.24, 2.45) is 0 Å². The normalized spacial score (nSPS) is 10.2. The average Bonchev–Trinajstić information content (AvgIpc) is 2.26. The van der Waals surface area contributed by atoms with Gasteiger partial charge in [-0.1, -0.05) is 6.07 Å². The van der Waals surface area contributed by atoms with E-state index in [1.807, 2.05) is 32.9 Å². The van der Waals surface area contributed by atoms with Gasteiger partial charge in [-0.05, 0) is 38.0 Å². The van der Waals surface area contributed by atoms with Crippen LogP contribution < -0.4 is 4.74 Å². The maximum absolute atomic E-state index is 10.9. The smallest absolute Gasteiger partial charge is 0.153 e. The van der Waals surface area contributed by atoms with Gasteiger partial charge < -0.3 is 9.47 Å². The average molecular weight is 222 g/mol. The van der Waals surface area contributed by atoms with E-state index in [2.05, 4.69) is 0 Å². The number of aldehydes is 1. The minimum absolute atomic E-state index is 0.471. The molecule has 3 heteroatoms. The standard InChI is InChI=1S/C13H18O3/c1-4-15-5-6-16-13-11(3)7-10(2)8-12(13)9-14/h7-9H,4-6H2,1-3H3. The SMILES string of the molecule is CCOCCOc1c(C)cc(C)cc1C=O. The molecule has 0 unspecified atom stereocenters. The lowest BCUT2D eigenvalue weighted by Gasteiger charge is -2.12. The molecular formula is C13H18O3. The molecule has 0 saturated carbocycles. The third-order valence-electron chi connectivity index (χ3n) is 2.25. The second-order valence-electron chi connectivity index (χ2n) is 3.66. The number of hydrogen-bond donors (Lipinski definition) is 0. The summed E-state index contributed by atoms with van der Waals surface area (Å²) in [5.41, 5.74) is 2.66. The zero-order chi connectivity index (χ0) is 12.0. The fourth-order valence-electron chi connectivity index (χ4n) is 1.62. The van der Waals surface area contributed by atoms with Crippen LogP contribution >= 0.6 is 0 Å². The van der Waals surface area contributed by atoms with Crippen LogP contribution in [0, 0.1) is 13.8 Å². The molecule has 0 aliphatic rings. The fourth-order valence-corrected chi connectivity index (χ4v) is 1.62. The van der Waals surface area contributed by atoms with Gasteiger partial charge in [0.25, 0.3) is 0 Å². The number of carbonyl (C=O) groups excluding carboxylic acids is 1. The van der Waals surface area contributed by atoms with Crippen molar-refractivity contribution in [2.75, 3.05) is 19.8 Å². The third kappa shape index (κ3) is 3.35. The van der Waals surface area contributed by atoms with Crippen molar-refractivity contribution < 1.29 is 14.3 Å². The Labute approximate surface area is 96.4 Å². The highest BCUT2D eigenvalue weighted by Gasteiger charge is 2.07. The second kappa shape index (κ2) is 6.28. The first-order valence-corrected chi connectivity index (χ1v) is 5.46. The quantitative estimate of drug-likeness (QED) is 0.548. The van der Waals surface area contributed by atoms with Crippen LogP contribution in [0.15, 0.2) is 12.1 Å². The van der Waals surface area contributed by atoms with Crippen LogP contribution in [0.2, 0.25) is 0 Å². The number of ether oxygens (including phenoxy) is 2. The molecule has 0 heterocycles. The van der Waals surface area contributed by atoms with E-state index >= 15 is 0 Å². The summed E-state index contributed by atoms with van der Waals surface area (Å²) in [6.07, 6.45) is 0.829. The Kier molecular flexibility index (Phi) is 4.99. The molecule has 0 bridgehead atoms. The molecule has 0 saturated heterocycles. The predicted octanol–water partition coefficient (Wildman–Crippen LogP) is 2.53. The number of rotatable bonds is 6. The topological polar surface area (TPSA) is 35.5 Å². The van der Waals surface area contributed by atoms with Crippen LogP contribution in [0.3, 0.4) is 0 Å². The number of aryl methyl sites for hydroxylation is 2. The van der Waals surface area contributed by atoms with Crippen molar-refractivity contribution in [3.63, 3.8) is 0 Å². The van der Waals surface area contributed by atoms with E-state index in [4.69, 9.17) is 9.47 Å². The van der Waals surface area contributed by atoms with Gasteiger partial charge in [-0.25, -0.2) is 0 Å². The molecule has 88 valence electrons. The van der Waals surface area contributed by atoms with Gasteiger partial charge in [0.15, 0.2) is 6.29 Å². The summed E-state index contributed by atoms with van der Waals surface area (Å²) >= 11 is 0. The molecule has 3 nitrogen and oxygen atoms in total. The lowest BCUT2D eigenvalue weighted by atomic mass is 10.1. The highest BCUT2D eigenvalue weighted by atomic mass is 16.5. The van der Waals surface area contributed by atoms with E-state index in [0.717, 1.165) is 17.4 Å². The fraction of sp³-hybridized carbons (Fsp3) is 0.462. The number of carbonyl (C=O) groups is 1. The maximum atomic E-state index is 10.9. The molecule has 0 spiro atoms. The summed E-state index contributed by atoms with van der Waals surface area (Å²) in [4.78, 5) is 10.9. The monoisotopic (exact) mass is 222 g/mol. The van der Waals surface area contributed by atoms with Gasteiger partial charge in [-0.3, -0.25) is 4.79 Å². The van der Waals surface area contributed by atoms with E-state index in [9.17, 15) is 4.79 Å². The van der Waals surface area contributed by atoms with Gasteiger partial charge >= 0.3 is 0 Å². The number of benzene rings is 1. The Morgan fingerprint density at radius 2 is 2.00 bits per heavy atom. The summed E-state index contributed by atoms with van der Waals surface area (Å²) in [7, 11) is 0. The Morgan fingerprint density at radius 1 is 1.25 bits per heavy atom. The zero-order valence-corrected chi connectivity index (χ0v) is 10.1. The predicted molar refractivity (Wildman–Crippen MR) is 63.3 cm³/mol. The summed E-state index contributed by atoms with van der Waals surface area (Å²) < 4.78 is 10.7. The molecule has 0 radical (unpaired) electrons. The largest absolute Gasteiger partial charge is 0.490 e. The number of hydrogen-bond acceptors (Lipinski definition) is 3. The summed E-state index contributed by atoms with van der Waals surface area (Å²) in [6.45, 7) is 7.53. The highest BCUT2D eigenvalue weighted by molar-refractivity contribution is 5.80. The maximum Gasteiger partial charge on any atom is 0.153 e. The minimum Gasteiger partial charge on any atom is -0.490 e. The third-order valence-corrected chi connectivity index (χ3v) is 2.25. The Hall–Kier alpha value is -1.35. The van der Waals surface area contributed by atoms with Gasteiger partial charge in [0.1, 0.15) is 12.4 Å². The zero-order valence-electron chi connectivity index (χ0n) is 10.1. The van der Waals surface area contributed by atoms with E-state index in [1.54, 1.807) is 0 Å². The van der Waals surface area contributed by atoms with Gasteiger partial charge in [0, 0.05) is 6.61 Å². The molecule has 0 aliphatic heterocycles. The summed E-state index contributed by atoms with van der Waals surface area (Å²) in [6, 6.07) is 3.83. The molecule has 1 rings (SSSR count). The van der Waals surface area contributed by atoms with Crippen LogP contribution in [0.25, 0.3) is 0 Å². The minimum atomic E-state index is 0.471. The first-order chi connectivity index (χ1) is 7.69. The van der Waals surface area contributed by atoms with E-state index < -0.39 is 0 Å². The van der Waals surface area contributed by atoms with Crippen molar-refractivity contribution in [1.82, 2.24) is 0 Å². The summed E-state index contributed by atoms with van der Waals surface area (Å²) in [5, 5.41) is 0. The van der Waals surface area contributed by atoms with Crippen molar-refractivity contribution in [3.8, 4) is 5.75 Å². The molecule has 16 heavy (non-hydrogen) atoms. The van der Waals surface area contributed by atoms with Gasteiger partial charge in [0.2, 0.25) is 0 Å². The van der Waals surface area contributed by atoms with Gasteiger partial charge in [-0.15, -0.1) is 0 Å². The van der Waals surface area contributed by atoms with Crippen molar-refractivity contribution >= 4 is 6.29 Å². The van der Waals surface area contributed by atoms with Crippen LogP contribution in [-0.4, -0.2) is 26.1 Å². The van der Waals surface area contributed by atoms with Crippen molar-refractivity contribution in [3.05, 3.63) is 28.8 Å². The van der Waals surface area contributed by atoms with Crippen LogP contribution in [0.1, 0.15) is 28.4 Å². The molecule has 0 N–H and O–H groups in total. The van der Waals surface area contributed by atoms with Crippen LogP contribution in [-0.2, 0) is 4.74 Å². The molecule has 0 amide bonds. The lowest BCUT2D eigenvalue weighted by molar-refractivity contribution is 0.106. The molecule has 1 aromatic carbocycles. The van der Waals surface area contributed by atoms with Crippen LogP contribution in [0.4, 0.5) is 0 Å². The van der Waals surface area contributed by atoms with Crippen LogP contribution in [0.5, 0.6) is 5.75 Å². The molecule has 0 fully saturated rings. The Bertz CT molecular complexity index is 358. The van der Waals surface area contributed by atoms with Crippen molar-refractivity contribution in [2.45, 2.75) is 20.8 Å². The second-order valence-corrected chi connectivity index (χ2v) is 3.66. The first kappa shape index (κ1) is 12.7. The van der Waals surface area contributed by atoms with E-state index in [1.165, 1.54) is 0 Å². The van der Waals surface area contributed by atoms with E-state index in [-0.39, 0.29) is 0 Å². The Morgan fingerprint density at radius 3 is 2.62 bits per heavy atom. The van der Waals surface area contributed by atoms with Gasteiger partial charge in [0.05, 0.1) is 12.2 Å². The molecule has 1 aromatic rings. The van der Waals surface area contributed by atoms with E-state index in [0.29, 0.717) is 31.1 Å². The lowest BCUT2D eigenvalue weighted by Crippen LogP contribution is -2.08.